The van der Waals surface area contributed by atoms with Gasteiger partial charge in [0.05, 0.1) is 0 Å². The van der Waals surface area contributed by atoms with Gasteiger partial charge in [-0.1, -0.05) is 6.07 Å². The van der Waals surface area contributed by atoms with Crippen LogP contribution < -0.4 is 14.8 Å². The Bertz CT molecular complexity index is 755. The minimum Gasteiger partial charge on any atom is -0.454 e. The lowest BCUT2D eigenvalue weighted by molar-refractivity contribution is 0.171. The van der Waals surface area contributed by atoms with Crippen LogP contribution in [-0.4, -0.2) is 55.8 Å². The van der Waals surface area contributed by atoms with E-state index < -0.39 is 0 Å². The molecule has 0 radical (unpaired) electrons. The van der Waals surface area contributed by atoms with Crippen molar-refractivity contribution in [2.45, 2.75) is 13.1 Å². The molecule has 1 aromatic carbocycles. The quantitative estimate of drug-likeness (QED) is 0.660. The Labute approximate surface area is 158 Å². The summed E-state index contributed by atoms with van der Waals surface area (Å²) >= 11 is 1.73. The number of thiophene rings is 1. The highest BCUT2D eigenvalue weighted by Gasteiger charge is 2.20. The van der Waals surface area contributed by atoms with E-state index in [1.165, 1.54) is 11.1 Å². The zero-order valence-corrected chi connectivity index (χ0v) is 15.8. The maximum Gasteiger partial charge on any atom is 0.231 e. The molecule has 1 saturated heterocycles. The van der Waals surface area contributed by atoms with Crippen LogP contribution in [0.1, 0.15) is 11.1 Å². The Balaban J connectivity index is 1.28. The monoisotopic (exact) mass is 372 g/mol. The van der Waals surface area contributed by atoms with Crippen molar-refractivity contribution in [2.24, 2.45) is 4.99 Å². The molecule has 7 heteroatoms. The fourth-order valence-corrected chi connectivity index (χ4v) is 3.99. The molecule has 2 aliphatic heterocycles. The number of guanidine groups is 1. The summed E-state index contributed by atoms with van der Waals surface area (Å²) in [6.45, 7) is 6.09. The maximum absolute atomic E-state index is 5.48. The van der Waals surface area contributed by atoms with Gasteiger partial charge in [-0.05, 0) is 40.1 Å². The van der Waals surface area contributed by atoms with E-state index in [-0.39, 0.29) is 0 Å². The molecule has 2 aliphatic rings. The lowest BCUT2D eigenvalue weighted by Crippen LogP contribution is -2.52. The molecule has 0 bridgehead atoms. The van der Waals surface area contributed by atoms with Gasteiger partial charge >= 0.3 is 0 Å². The van der Waals surface area contributed by atoms with Crippen LogP contribution in [0, 0.1) is 0 Å². The number of rotatable bonds is 4. The van der Waals surface area contributed by atoms with Crippen molar-refractivity contribution in [3.63, 3.8) is 0 Å². The minimum absolute atomic E-state index is 0.328. The predicted molar refractivity (Wildman–Crippen MR) is 104 cm³/mol. The molecule has 0 unspecified atom stereocenters. The van der Waals surface area contributed by atoms with E-state index in [4.69, 9.17) is 9.47 Å². The van der Waals surface area contributed by atoms with Crippen LogP contribution in [0.5, 0.6) is 11.5 Å². The number of hydrogen-bond donors (Lipinski definition) is 1. The van der Waals surface area contributed by atoms with Crippen LogP contribution in [0.4, 0.5) is 0 Å². The van der Waals surface area contributed by atoms with Gasteiger partial charge in [-0.2, -0.15) is 11.3 Å². The van der Waals surface area contributed by atoms with E-state index in [0.717, 1.165) is 56.7 Å². The summed E-state index contributed by atoms with van der Waals surface area (Å²) in [5, 5.41) is 7.74. The number of ether oxygens (including phenoxy) is 2. The first-order chi connectivity index (χ1) is 12.8. The molecule has 138 valence electrons. The van der Waals surface area contributed by atoms with Crippen molar-refractivity contribution in [1.29, 1.82) is 0 Å². The number of nitrogens with one attached hydrogen (secondary N) is 1. The largest absolute Gasteiger partial charge is 0.454 e. The molecule has 26 heavy (non-hydrogen) atoms. The molecule has 1 fully saturated rings. The van der Waals surface area contributed by atoms with Gasteiger partial charge in [0.15, 0.2) is 17.5 Å². The number of aliphatic imine (C=N–C) groups is 1. The van der Waals surface area contributed by atoms with E-state index in [1.807, 2.05) is 13.1 Å². The first kappa shape index (κ1) is 17.2. The van der Waals surface area contributed by atoms with Gasteiger partial charge in [0.25, 0.3) is 0 Å². The Kier molecular flexibility index (Phi) is 5.26. The molecule has 6 nitrogen and oxygen atoms in total. The third kappa shape index (κ3) is 3.94. The van der Waals surface area contributed by atoms with E-state index in [0.29, 0.717) is 6.79 Å². The Hall–Kier alpha value is -2.25. The van der Waals surface area contributed by atoms with E-state index in [2.05, 4.69) is 49.1 Å². The highest BCUT2D eigenvalue weighted by molar-refractivity contribution is 7.07. The Morgan fingerprint density at radius 2 is 1.96 bits per heavy atom. The SMILES string of the molecule is CN=C(NCc1ccsc1)N1CCN(Cc2ccc3c(c2)OCO3)CC1. The average molecular weight is 372 g/mol. The number of fused-ring (bicyclic) bond motifs is 1. The van der Waals surface area contributed by atoms with Crippen LogP contribution >= 0.6 is 11.3 Å². The topological polar surface area (TPSA) is 49.3 Å². The Morgan fingerprint density at radius 1 is 1.12 bits per heavy atom. The smallest absolute Gasteiger partial charge is 0.231 e. The molecule has 0 spiro atoms. The van der Waals surface area contributed by atoms with Crippen LogP contribution in [0.3, 0.4) is 0 Å². The van der Waals surface area contributed by atoms with Crippen molar-refractivity contribution in [1.82, 2.24) is 15.1 Å². The minimum atomic E-state index is 0.328. The first-order valence-electron chi connectivity index (χ1n) is 8.89. The second-order valence-corrected chi connectivity index (χ2v) is 7.26. The third-order valence-electron chi connectivity index (χ3n) is 4.76. The highest BCUT2D eigenvalue weighted by Crippen LogP contribution is 2.32. The van der Waals surface area contributed by atoms with E-state index in [9.17, 15) is 0 Å². The standard InChI is InChI=1S/C19H24N4O2S/c1-20-19(21-11-16-4-9-26-13-16)23-7-5-22(6-8-23)12-15-2-3-17-18(10-15)25-14-24-17/h2-4,9-10,13H,5-8,11-12,14H2,1H3,(H,20,21). The molecule has 0 atom stereocenters. The normalized spacial score (nSPS) is 17.6. The van der Waals surface area contributed by atoms with Crippen LogP contribution in [0.15, 0.2) is 40.0 Å². The average Bonchev–Trinajstić information content (AvgIpc) is 3.34. The molecule has 2 aromatic rings. The summed E-state index contributed by atoms with van der Waals surface area (Å²) in [7, 11) is 1.86. The van der Waals surface area contributed by atoms with Gasteiger partial charge < -0.3 is 19.7 Å². The molecule has 3 heterocycles. The van der Waals surface area contributed by atoms with Crippen molar-refractivity contribution in [3.8, 4) is 11.5 Å². The second kappa shape index (κ2) is 7.97. The van der Waals surface area contributed by atoms with Crippen molar-refractivity contribution in [3.05, 3.63) is 46.2 Å². The van der Waals surface area contributed by atoms with Crippen LogP contribution in [-0.2, 0) is 13.1 Å². The van der Waals surface area contributed by atoms with Gasteiger partial charge in [-0.25, -0.2) is 0 Å². The predicted octanol–water partition coefficient (Wildman–Crippen LogP) is 2.37. The van der Waals surface area contributed by atoms with Gasteiger partial charge in [-0.3, -0.25) is 9.89 Å². The van der Waals surface area contributed by atoms with Crippen LogP contribution in [0.25, 0.3) is 0 Å². The van der Waals surface area contributed by atoms with Crippen molar-refractivity contribution >= 4 is 17.3 Å². The third-order valence-corrected chi connectivity index (χ3v) is 5.49. The number of piperazine rings is 1. The number of benzene rings is 1. The van der Waals surface area contributed by atoms with E-state index >= 15 is 0 Å². The summed E-state index contributed by atoms with van der Waals surface area (Å²) in [6.07, 6.45) is 0. The molecule has 4 rings (SSSR count). The van der Waals surface area contributed by atoms with Gasteiger partial charge in [0, 0.05) is 46.3 Å². The molecular weight excluding hydrogens is 348 g/mol. The van der Waals surface area contributed by atoms with Crippen molar-refractivity contribution in [2.75, 3.05) is 40.0 Å². The summed E-state index contributed by atoms with van der Waals surface area (Å²) in [4.78, 5) is 9.25. The Morgan fingerprint density at radius 3 is 2.73 bits per heavy atom. The molecule has 0 amide bonds. The summed E-state index contributed by atoms with van der Waals surface area (Å²) in [5.74, 6) is 2.69. The maximum atomic E-state index is 5.48. The van der Waals surface area contributed by atoms with Crippen LogP contribution in [0.2, 0.25) is 0 Å². The summed E-state index contributed by atoms with van der Waals surface area (Å²) in [6, 6.07) is 8.37. The first-order valence-corrected chi connectivity index (χ1v) is 9.83. The van der Waals surface area contributed by atoms with E-state index in [1.54, 1.807) is 11.3 Å². The fourth-order valence-electron chi connectivity index (χ4n) is 3.32. The lowest BCUT2D eigenvalue weighted by atomic mass is 10.1. The highest BCUT2D eigenvalue weighted by atomic mass is 32.1. The summed E-state index contributed by atoms with van der Waals surface area (Å²) in [5.41, 5.74) is 2.57. The molecule has 1 N–H and O–H groups in total. The molecular formula is C19H24N4O2S. The fraction of sp³-hybridized carbons (Fsp3) is 0.421. The molecule has 0 saturated carbocycles. The molecule has 1 aromatic heterocycles. The number of nitrogens with zero attached hydrogens (tertiary/aromatic N) is 3. The van der Waals surface area contributed by atoms with Gasteiger partial charge in [0.2, 0.25) is 6.79 Å². The summed E-state index contributed by atoms with van der Waals surface area (Å²) < 4.78 is 10.9. The lowest BCUT2D eigenvalue weighted by Gasteiger charge is -2.36. The van der Waals surface area contributed by atoms with Gasteiger partial charge in [-0.15, -0.1) is 0 Å². The zero-order chi connectivity index (χ0) is 17.8. The van der Waals surface area contributed by atoms with Gasteiger partial charge in [0.1, 0.15) is 0 Å². The molecule has 0 aliphatic carbocycles. The zero-order valence-electron chi connectivity index (χ0n) is 15.0. The van der Waals surface area contributed by atoms with Crippen molar-refractivity contribution < 1.29 is 9.47 Å². The second-order valence-electron chi connectivity index (χ2n) is 6.48. The number of hydrogen-bond acceptors (Lipinski definition) is 5.